The molecule has 7 heteroatoms. The predicted molar refractivity (Wildman–Crippen MR) is 53.5 cm³/mol. The first-order chi connectivity index (χ1) is 8.02. The van der Waals surface area contributed by atoms with E-state index in [1.165, 1.54) is 6.07 Å². The minimum atomic E-state index is -4.46. The Labute approximate surface area is 95.1 Å². The normalized spacial score (nSPS) is 11.8. The summed E-state index contributed by atoms with van der Waals surface area (Å²) in [6, 6.07) is 2.18. The zero-order chi connectivity index (χ0) is 12.5. The van der Waals surface area contributed by atoms with Crippen LogP contribution in [0.3, 0.4) is 0 Å². The maximum atomic E-state index is 12.3. The Balaban J connectivity index is 2.36. The molecule has 0 aliphatic rings. The van der Waals surface area contributed by atoms with Crippen molar-refractivity contribution >= 4 is 0 Å². The van der Waals surface area contributed by atoms with E-state index < -0.39 is 11.9 Å². The molecule has 4 nitrogen and oxygen atoms in total. The molecule has 90 valence electrons. The van der Waals surface area contributed by atoms with Gasteiger partial charge in [-0.2, -0.15) is 13.2 Å². The smallest absolute Gasteiger partial charge is 0.286 e. The van der Waals surface area contributed by atoms with Crippen LogP contribution in [0.2, 0.25) is 0 Å². The molecular formula is C10H9F3N4. The molecule has 0 radical (unpaired) electrons. The first-order valence-electron chi connectivity index (χ1n) is 4.96. The third kappa shape index (κ3) is 2.27. The van der Waals surface area contributed by atoms with Crippen LogP contribution >= 0.6 is 0 Å². The molecule has 0 aliphatic heterocycles. The monoisotopic (exact) mass is 242 g/mol. The molecule has 0 atom stereocenters. The summed E-state index contributed by atoms with van der Waals surface area (Å²) in [7, 11) is 0. The van der Waals surface area contributed by atoms with Crippen LogP contribution in [-0.4, -0.2) is 19.7 Å². The molecule has 2 rings (SSSR count). The first-order valence-corrected chi connectivity index (χ1v) is 4.96. The van der Waals surface area contributed by atoms with Gasteiger partial charge in [0.2, 0.25) is 0 Å². The number of imidazole rings is 1. The third-order valence-electron chi connectivity index (χ3n) is 2.22. The second-order valence-corrected chi connectivity index (χ2v) is 3.34. The van der Waals surface area contributed by atoms with E-state index in [2.05, 4.69) is 15.2 Å². The summed E-state index contributed by atoms with van der Waals surface area (Å²) in [6.45, 7) is 1.90. The van der Waals surface area contributed by atoms with E-state index >= 15 is 0 Å². The van der Waals surface area contributed by atoms with E-state index in [1.54, 1.807) is 17.0 Å². The number of aryl methyl sites for hydroxylation is 1. The molecule has 0 aliphatic carbocycles. The van der Waals surface area contributed by atoms with Crippen LogP contribution in [0.1, 0.15) is 18.4 Å². The molecule has 0 saturated carbocycles. The van der Waals surface area contributed by atoms with Crippen LogP contribution in [0, 0.1) is 0 Å². The zero-order valence-corrected chi connectivity index (χ0v) is 8.94. The fourth-order valence-electron chi connectivity index (χ4n) is 1.41. The fourth-order valence-corrected chi connectivity index (χ4v) is 1.41. The second kappa shape index (κ2) is 4.15. The summed E-state index contributed by atoms with van der Waals surface area (Å²) < 4.78 is 38.5. The standard InChI is InChI=1S/C10H9F3N4/c1-2-8-14-5-6-17(8)9-4-3-7(15-16-9)10(11,12)13/h3-6H,2H2,1H3. The van der Waals surface area contributed by atoms with Crippen molar-refractivity contribution in [2.45, 2.75) is 19.5 Å². The molecule has 17 heavy (non-hydrogen) atoms. The van der Waals surface area contributed by atoms with Crippen molar-refractivity contribution in [2.75, 3.05) is 0 Å². The van der Waals surface area contributed by atoms with Gasteiger partial charge in [-0.05, 0) is 12.1 Å². The number of hydrogen-bond donors (Lipinski definition) is 0. The number of halogens is 3. The Bertz CT molecular complexity index is 501. The lowest BCUT2D eigenvalue weighted by molar-refractivity contribution is -0.141. The van der Waals surface area contributed by atoms with Gasteiger partial charge in [-0.3, -0.25) is 4.57 Å². The van der Waals surface area contributed by atoms with Crippen molar-refractivity contribution in [1.29, 1.82) is 0 Å². The summed E-state index contributed by atoms with van der Waals surface area (Å²) >= 11 is 0. The van der Waals surface area contributed by atoms with Crippen molar-refractivity contribution in [3.63, 3.8) is 0 Å². The average Bonchev–Trinajstić information content (AvgIpc) is 2.76. The lowest BCUT2D eigenvalue weighted by Crippen LogP contribution is -2.11. The summed E-state index contributed by atoms with van der Waals surface area (Å²) in [5.74, 6) is 1.05. The number of rotatable bonds is 2. The van der Waals surface area contributed by atoms with Gasteiger partial charge in [0.05, 0.1) is 0 Å². The molecule has 0 unspecified atom stereocenters. The Morgan fingerprint density at radius 2 is 2.00 bits per heavy atom. The van der Waals surface area contributed by atoms with E-state index in [1.807, 2.05) is 6.92 Å². The van der Waals surface area contributed by atoms with Crippen molar-refractivity contribution in [3.8, 4) is 5.82 Å². The lowest BCUT2D eigenvalue weighted by Gasteiger charge is -2.07. The molecule has 0 N–H and O–H groups in total. The van der Waals surface area contributed by atoms with E-state index in [9.17, 15) is 13.2 Å². The Morgan fingerprint density at radius 1 is 1.24 bits per heavy atom. The van der Waals surface area contributed by atoms with Gasteiger partial charge in [-0.25, -0.2) is 4.98 Å². The first kappa shape index (κ1) is 11.6. The van der Waals surface area contributed by atoms with E-state index in [0.717, 1.165) is 11.9 Å². The summed E-state index contributed by atoms with van der Waals surface area (Å²) in [5, 5.41) is 6.71. The largest absolute Gasteiger partial charge is 0.435 e. The Kier molecular flexibility index (Phi) is 2.83. The van der Waals surface area contributed by atoms with Crippen molar-refractivity contribution in [1.82, 2.24) is 19.7 Å². The second-order valence-electron chi connectivity index (χ2n) is 3.34. The molecule has 0 amide bonds. The number of hydrogen-bond acceptors (Lipinski definition) is 3. The van der Waals surface area contributed by atoms with Gasteiger partial charge < -0.3 is 0 Å². The van der Waals surface area contributed by atoms with Crippen LogP contribution in [0.5, 0.6) is 0 Å². The van der Waals surface area contributed by atoms with Gasteiger partial charge in [0.1, 0.15) is 5.82 Å². The number of aromatic nitrogens is 4. The molecule has 2 aromatic rings. The van der Waals surface area contributed by atoms with Crippen molar-refractivity contribution < 1.29 is 13.2 Å². The van der Waals surface area contributed by atoms with Gasteiger partial charge in [-0.15, -0.1) is 10.2 Å². The predicted octanol–water partition coefficient (Wildman–Crippen LogP) is 2.24. The molecule has 0 saturated heterocycles. The molecule has 0 spiro atoms. The number of nitrogens with zero attached hydrogens (tertiary/aromatic N) is 4. The highest BCUT2D eigenvalue weighted by atomic mass is 19.4. The summed E-state index contributed by atoms with van der Waals surface area (Å²) in [6.07, 6.45) is -0.599. The maximum Gasteiger partial charge on any atom is 0.435 e. The van der Waals surface area contributed by atoms with Crippen LogP contribution in [0.25, 0.3) is 5.82 Å². The molecule has 0 bridgehead atoms. The van der Waals surface area contributed by atoms with Gasteiger partial charge >= 0.3 is 6.18 Å². The quantitative estimate of drug-likeness (QED) is 0.811. The van der Waals surface area contributed by atoms with Gasteiger partial charge in [-0.1, -0.05) is 6.92 Å². The topological polar surface area (TPSA) is 43.6 Å². The molecule has 2 heterocycles. The fraction of sp³-hybridized carbons (Fsp3) is 0.300. The van der Waals surface area contributed by atoms with Gasteiger partial charge in [0, 0.05) is 18.8 Å². The molecular weight excluding hydrogens is 233 g/mol. The molecule has 2 aromatic heterocycles. The third-order valence-corrected chi connectivity index (χ3v) is 2.22. The highest BCUT2D eigenvalue weighted by Crippen LogP contribution is 2.26. The van der Waals surface area contributed by atoms with Crippen LogP contribution < -0.4 is 0 Å². The SMILES string of the molecule is CCc1nccn1-c1ccc(C(F)(F)F)nn1. The average molecular weight is 242 g/mol. The zero-order valence-electron chi connectivity index (χ0n) is 8.94. The van der Waals surface area contributed by atoms with Crippen LogP contribution in [0.4, 0.5) is 13.2 Å². The van der Waals surface area contributed by atoms with Gasteiger partial charge in [0.25, 0.3) is 0 Å². The van der Waals surface area contributed by atoms with Crippen molar-refractivity contribution in [2.24, 2.45) is 0 Å². The van der Waals surface area contributed by atoms with E-state index in [-0.39, 0.29) is 0 Å². The van der Waals surface area contributed by atoms with Crippen LogP contribution in [0.15, 0.2) is 24.5 Å². The highest BCUT2D eigenvalue weighted by Gasteiger charge is 2.32. The Hall–Kier alpha value is -1.92. The summed E-state index contributed by atoms with van der Waals surface area (Å²) in [4.78, 5) is 4.06. The highest BCUT2D eigenvalue weighted by molar-refractivity contribution is 5.24. The van der Waals surface area contributed by atoms with E-state index in [4.69, 9.17) is 0 Å². The Morgan fingerprint density at radius 3 is 2.53 bits per heavy atom. The number of alkyl halides is 3. The summed E-state index contributed by atoms with van der Waals surface area (Å²) in [5.41, 5.74) is -1.00. The minimum absolute atomic E-state index is 0.326. The molecule has 0 aromatic carbocycles. The van der Waals surface area contributed by atoms with Gasteiger partial charge in [0.15, 0.2) is 11.5 Å². The van der Waals surface area contributed by atoms with E-state index in [0.29, 0.717) is 12.2 Å². The van der Waals surface area contributed by atoms with Crippen molar-refractivity contribution in [3.05, 3.63) is 36.0 Å². The maximum absolute atomic E-state index is 12.3. The lowest BCUT2D eigenvalue weighted by atomic mass is 10.3. The minimum Gasteiger partial charge on any atom is -0.286 e. The van der Waals surface area contributed by atoms with Crippen LogP contribution in [-0.2, 0) is 12.6 Å². The molecule has 0 fully saturated rings.